The zero-order valence-corrected chi connectivity index (χ0v) is 13.5. The molecule has 2 atom stereocenters. The van der Waals surface area contributed by atoms with Gasteiger partial charge in [0.1, 0.15) is 5.82 Å². The normalized spacial score (nSPS) is 19.8. The maximum absolute atomic E-state index is 13.3. The number of halogens is 2. The highest BCUT2D eigenvalue weighted by Crippen LogP contribution is 2.30. The summed E-state index contributed by atoms with van der Waals surface area (Å²) >= 11 is 3.46. The molecular weight excluding hydrogens is 321 g/mol. The minimum Gasteiger partial charge on any atom is -0.380 e. The molecule has 4 heteroatoms. The first-order chi connectivity index (χ1) is 9.61. The van der Waals surface area contributed by atoms with Crippen LogP contribution < -0.4 is 5.73 Å². The van der Waals surface area contributed by atoms with Gasteiger partial charge in [0.15, 0.2) is 0 Å². The van der Waals surface area contributed by atoms with E-state index in [0.29, 0.717) is 12.3 Å². The summed E-state index contributed by atoms with van der Waals surface area (Å²) in [6.45, 7) is 0. The van der Waals surface area contributed by atoms with Gasteiger partial charge >= 0.3 is 0 Å². The minimum absolute atomic E-state index is 0.0606. The number of ether oxygens (including phenoxy) is 1. The third-order valence-corrected chi connectivity index (χ3v) is 5.05. The van der Waals surface area contributed by atoms with E-state index >= 15 is 0 Å². The van der Waals surface area contributed by atoms with Gasteiger partial charge in [0.25, 0.3) is 0 Å². The number of rotatable bonds is 5. The molecule has 2 nitrogen and oxygen atoms in total. The van der Waals surface area contributed by atoms with Crippen LogP contribution in [0.1, 0.15) is 37.7 Å². The Balaban J connectivity index is 2.04. The van der Waals surface area contributed by atoms with Crippen molar-refractivity contribution in [3.05, 3.63) is 34.1 Å². The summed E-state index contributed by atoms with van der Waals surface area (Å²) in [5, 5.41) is 0. The van der Waals surface area contributed by atoms with Crippen molar-refractivity contribution in [1.29, 1.82) is 0 Å². The van der Waals surface area contributed by atoms with Crippen molar-refractivity contribution in [2.24, 2.45) is 11.7 Å². The van der Waals surface area contributed by atoms with E-state index in [1.807, 2.05) is 0 Å². The fourth-order valence-corrected chi connectivity index (χ4v) is 3.66. The summed E-state index contributed by atoms with van der Waals surface area (Å²) in [6.07, 6.45) is 6.92. The molecule has 1 fully saturated rings. The number of benzene rings is 1. The first-order valence-electron chi connectivity index (χ1n) is 7.34. The lowest BCUT2D eigenvalue weighted by atomic mass is 9.81. The second kappa shape index (κ2) is 7.53. The van der Waals surface area contributed by atoms with Crippen LogP contribution >= 0.6 is 15.9 Å². The molecule has 1 saturated carbocycles. The van der Waals surface area contributed by atoms with Crippen molar-refractivity contribution in [2.45, 2.75) is 50.7 Å². The Morgan fingerprint density at radius 2 is 2.05 bits per heavy atom. The Hall–Kier alpha value is -0.450. The van der Waals surface area contributed by atoms with Gasteiger partial charge in [-0.25, -0.2) is 4.39 Å². The molecule has 2 unspecified atom stereocenters. The molecule has 0 aromatic heterocycles. The highest BCUT2D eigenvalue weighted by atomic mass is 79.9. The van der Waals surface area contributed by atoms with Crippen molar-refractivity contribution < 1.29 is 9.13 Å². The summed E-state index contributed by atoms with van der Waals surface area (Å²) in [4.78, 5) is 0. The summed E-state index contributed by atoms with van der Waals surface area (Å²) in [5.74, 6) is 0.318. The molecule has 20 heavy (non-hydrogen) atoms. The van der Waals surface area contributed by atoms with Crippen molar-refractivity contribution in [2.75, 3.05) is 7.11 Å². The fourth-order valence-electron chi connectivity index (χ4n) is 3.25. The lowest BCUT2D eigenvalue weighted by Gasteiger charge is -2.33. The first-order valence-corrected chi connectivity index (χ1v) is 8.13. The summed E-state index contributed by atoms with van der Waals surface area (Å²) in [7, 11) is 1.74. The van der Waals surface area contributed by atoms with Crippen molar-refractivity contribution in [3.8, 4) is 0 Å². The second-order valence-electron chi connectivity index (χ2n) is 5.70. The van der Waals surface area contributed by atoms with Crippen molar-refractivity contribution in [3.63, 3.8) is 0 Å². The van der Waals surface area contributed by atoms with Crippen LogP contribution in [0.2, 0.25) is 0 Å². The molecule has 1 aromatic carbocycles. The van der Waals surface area contributed by atoms with Gasteiger partial charge in [0.2, 0.25) is 0 Å². The van der Waals surface area contributed by atoms with E-state index in [4.69, 9.17) is 10.5 Å². The van der Waals surface area contributed by atoms with Crippen LogP contribution in [0, 0.1) is 11.7 Å². The molecule has 1 aromatic rings. The van der Waals surface area contributed by atoms with E-state index in [9.17, 15) is 4.39 Å². The van der Waals surface area contributed by atoms with Crippen LogP contribution in [0.15, 0.2) is 22.7 Å². The SMILES string of the molecule is COC(C(N)Cc1cc(F)ccc1Br)C1CCCCC1. The molecule has 1 aliphatic carbocycles. The van der Waals surface area contributed by atoms with Crippen LogP contribution in [0.3, 0.4) is 0 Å². The Kier molecular flexibility index (Phi) is 6.00. The van der Waals surface area contributed by atoms with Crippen LogP contribution in [0.5, 0.6) is 0 Å². The van der Waals surface area contributed by atoms with E-state index in [0.717, 1.165) is 10.0 Å². The topological polar surface area (TPSA) is 35.2 Å². The van der Waals surface area contributed by atoms with E-state index < -0.39 is 0 Å². The smallest absolute Gasteiger partial charge is 0.123 e. The predicted molar refractivity (Wildman–Crippen MR) is 83.2 cm³/mol. The second-order valence-corrected chi connectivity index (χ2v) is 6.56. The molecular formula is C16H23BrFNO. The van der Waals surface area contributed by atoms with Crippen LogP contribution in [0.25, 0.3) is 0 Å². The Morgan fingerprint density at radius 1 is 1.35 bits per heavy atom. The maximum Gasteiger partial charge on any atom is 0.123 e. The molecule has 0 bridgehead atoms. The Bertz CT molecular complexity index is 434. The molecule has 0 aliphatic heterocycles. The zero-order chi connectivity index (χ0) is 14.5. The quantitative estimate of drug-likeness (QED) is 0.875. The maximum atomic E-state index is 13.3. The van der Waals surface area contributed by atoms with Gasteiger partial charge in [-0.15, -0.1) is 0 Å². The number of hydrogen-bond acceptors (Lipinski definition) is 2. The monoisotopic (exact) mass is 343 g/mol. The van der Waals surface area contributed by atoms with Gasteiger partial charge in [-0.2, -0.15) is 0 Å². The average Bonchev–Trinajstić information content (AvgIpc) is 2.45. The lowest BCUT2D eigenvalue weighted by molar-refractivity contribution is 0.0178. The van der Waals surface area contributed by atoms with Gasteiger partial charge in [-0.05, 0) is 48.9 Å². The standard InChI is InChI=1S/C16H23BrFNO/c1-20-16(11-5-3-2-4-6-11)15(19)10-12-9-13(18)7-8-14(12)17/h7-9,11,15-16H,2-6,10,19H2,1H3. The Morgan fingerprint density at radius 3 is 2.70 bits per heavy atom. The molecule has 0 spiro atoms. The molecule has 0 radical (unpaired) electrons. The zero-order valence-electron chi connectivity index (χ0n) is 11.9. The highest BCUT2D eigenvalue weighted by molar-refractivity contribution is 9.10. The fraction of sp³-hybridized carbons (Fsp3) is 0.625. The average molecular weight is 344 g/mol. The summed E-state index contributed by atoms with van der Waals surface area (Å²) in [5.41, 5.74) is 7.25. The lowest BCUT2D eigenvalue weighted by Crippen LogP contribution is -2.43. The number of methoxy groups -OCH3 is 1. The molecule has 0 amide bonds. The molecule has 0 saturated heterocycles. The molecule has 2 rings (SSSR count). The molecule has 0 heterocycles. The van der Waals surface area contributed by atoms with Gasteiger partial charge in [0, 0.05) is 17.6 Å². The third kappa shape index (κ3) is 4.03. The molecule has 2 N–H and O–H groups in total. The van der Waals surface area contributed by atoms with E-state index in [2.05, 4.69) is 15.9 Å². The van der Waals surface area contributed by atoms with Gasteiger partial charge < -0.3 is 10.5 Å². The largest absolute Gasteiger partial charge is 0.380 e. The summed E-state index contributed by atoms with van der Waals surface area (Å²) in [6, 6.07) is 4.65. The van der Waals surface area contributed by atoms with Gasteiger partial charge in [0.05, 0.1) is 6.10 Å². The van der Waals surface area contributed by atoms with E-state index in [1.54, 1.807) is 19.2 Å². The minimum atomic E-state index is -0.220. The Labute approximate surface area is 129 Å². The van der Waals surface area contributed by atoms with E-state index in [1.165, 1.54) is 38.2 Å². The number of nitrogens with two attached hydrogens (primary N) is 1. The highest BCUT2D eigenvalue weighted by Gasteiger charge is 2.29. The van der Waals surface area contributed by atoms with Crippen LogP contribution in [-0.2, 0) is 11.2 Å². The predicted octanol–water partition coefficient (Wildman–Crippen LogP) is 4.05. The molecule has 112 valence electrons. The number of hydrogen-bond donors (Lipinski definition) is 1. The summed E-state index contributed by atoms with van der Waals surface area (Å²) < 4.78 is 19.9. The molecule has 1 aliphatic rings. The van der Waals surface area contributed by atoms with E-state index in [-0.39, 0.29) is 18.0 Å². The van der Waals surface area contributed by atoms with Gasteiger partial charge in [-0.3, -0.25) is 0 Å². The van der Waals surface area contributed by atoms with Crippen molar-refractivity contribution >= 4 is 15.9 Å². The van der Waals surface area contributed by atoms with Crippen molar-refractivity contribution in [1.82, 2.24) is 0 Å². The van der Waals surface area contributed by atoms with Gasteiger partial charge in [-0.1, -0.05) is 35.2 Å². The van der Waals surface area contributed by atoms with Crippen LogP contribution in [-0.4, -0.2) is 19.3 Å². The third-order valence-electron chi connectivity index (χ3n) is 4.27. The first kappa shape index (κ1) is 15.9. The van der Waals surface area contributed by atoms with Crippen LogP contribution in [0.4, 0.5) is 4.39 Å².